The lowest BCUT2D eigenvalue weighted by Gasteiger charge is -2.13. The fraction of sp³-hybridized carbons (Fsp3) is 0.409. The molecule has 0 atom stereocenters. The summed E-state index contributed by atoms with van der Waals surface area (Å²) in [7, 11) is 3.24. The van der Waals surface area contributed by atoms with Crippen LogP contribution in [0.2, 0.25) is 0 Å². The minimum Gasteiger partial charge on any atom is -0.497 e. The van der Waals surface area contributed by atoms with E-state index < -0.39 is 0 Å². The highest BCUT2D eigenvalue weighted by Crippen LogP contribution is 2.28. The van der Waals surface area contributed by atoms with Gasteiger partial charge < -0.3 is 19.5 Å². The van der Waals surface area contributed by atoms with Gasteiger partial charge in [-0.25, -0.2) is 0 Å². The van der Waals surface area contributed by atoms with E-state index in [0.717, 1.165) is 29.0 Å². The molecule has 0 heterocycles. The second-order valence-corrected chi connectivity index (χ2v) is 6.82. The molecule has 0 aliphatic heterocycles. The van der Waals surface area contributed by atoms with Crippen molar-refractivity contribution >= 4 is 5.91 Å². The third-order valence-corrected chi connectivity index (χ3v) is 4.19. The van der Waals surface area contributed by atoms with Gasteiger partial charge in [-0.05, 0) is 47.7 Å². The molecule has 0 bridgehead atoms. The first-order chi connectivity index (χ1) is 13.0. The third kappa shape index (κ3) is 6.85. The third-order valence-electron chi connectivity index (χ3n) is 4.19. The van der Waals surface area contributed by atoms with Crippen LogP contribution in [-0.2, 0) is 17.8 Å². The molecule has 27 heavy (non-hydrogen) atoms. The average Bonchev–Trinajstić information content (AvgIpc) is 2.67. The lowest BCUT2D eigenvalue weighted by Crippen LogP contribution is -2.24. The van der Waals surface area contributed by atoms with E-state index in [2.05, 4.69) is 19.2 Å². The first-order valence-electron chi connectivity index (χ1n) is 9.21. The second kappa shape index (κ2) is 10.5. The molecule has 0 aliphatic carbocycles. The molecule has 0 saturated heterocycles. The van der Waals surface area contributed by atoms with E-state index in [1.807, 2.05) is 42.5 Å². The zero-order valence-electron chi connectivity index (χ0n) is 16.6. The maximum atomic E-state index is 12.2. The highest BCUT2D eigenvalue weighted by molar-refractivity contribution is 5.78. The summed E-state index contributed by atoms with van der Waals surface area (Å²) in [5, 5.41) is 2.94. The van der Waals surface area contributed by atoms with Crippen LogP contribution in [0.15, 0.2) is 42.5 Å². The standard InChI is InChI=1S/C22H29NO4/c1-16(2)11-12-27-20-10-7-18(13-21(20)26-4)15-23-22(24)14-17-5-8-19(25-3)9-6-17/h5-10,13,16H,11-12,14-15H2,1-4H3,(H,23,24). The molecule has 0 spiro atoms. The molecule has 1 N–H and O–H groups in total. The largest absolute Gasteiger partial charge is 0.497 e. The lowest BCUT2D eigenvalue weighted by atomic mass is 10.1. The van der Waals surface area contributed by atoms with Gasteiger partial charge in [-0.3, -0.25) is 4.79 Å². The van der Waals surface area contributed by atoms with Crippen molar-refractivity contribution in [3.05, 3.63) is 53.6 Å². The number of carbonyl (C=O) groups is 1. The maximum absolute atomic E-state index is 12.2. The molecule has 0 radical (unpaired) electrons. The molecule has 1 amide bonds. The van der Waals surface area contributed by atoms with Gasteiger partial charge in [-0.2, -0.15) is 0 Å². The summed E-state index contributed by atoms with van der Waals surface area (Å²) in [4.78, 5) is 12.2. The van der Waals surface area contributed by atoms with Gasteiger partial charge >= 0.3 is 0 Å². The Morgan fingerprint density at radius 2 is 1.67 bits per heavy atom. The highest BCUT2D eigenvalue weighted by Gasteiger charge is 2.08. The minimum atomic E-state index is -0.0311. The first-order valence-corrected chi connectivity index (χ1v) is 9.21. The lowest BCUT2D eigenvalue weighted by molar-refractivity contribution is -0.120. The Balaban J connectivity index is 1.87. The van der Waals surface area contributed by atoms with Crippen LogP contribution in [0, 0.1) is 5.92 Å². The molecule has 0 aromatic heterocycles. The summed E-state index contributed by atoms with van der Waals surface area (Å²) < 4.78 is 16.3. The monoisotopic (exact) mass is 371 g/mol. The van der Waals surface area contributed by atoms with Gasteiger partial charge in [0.25, 0.3) is 0 Å². The van der Waals surface area contributed by atoms with Gasteiger partial charge in [0.15, 0.2) is 11.5 Å². The Bertz CT molecular complexity index is 726. The molecule has 146 valence electrons. The van der Waals surface area contributed by atoms with Gasteiger partial charge in [0, 0.05) is 6.54 Å². The van der Waals surface area contributed by atoms with Crippen LogP contribution in [-0.4, -0.2) is 26.7 Å². The topological polar surface area (TPSA) is 56.8 Å². The number of ether oxygens (including phenoxy) is 3. The van der Waals surface area contributed by atoms with Crippen molar-refractivity contribution in [1.82, 2.24) is 5.32 Å². The van der Waals surface area contributed by atoms with Crippen molar-refractivity contribution in [3.8, 4) is 17.2 Å². The van der Waals surface area contributed by atoms with Gasteiger partial charge in [-0.15, -0.1) is 0 Å². The summed E-state index contributed by atoms with van der Waals surface area (Å²) in [6.07, 6.45) is 1.32. The van der Waals surface area contributed by atoms with Crippen LogP contribution in [0.4, 0.5) is 0 Å². The van der Waals surface area contributed by atoms with Crippen molar-refractivity contribution < 1.29 is 19.0 Å². The Morgan fingerprint density at radius 1 is 0.963 bits per heavy atom. The number of hydrogen-bond donors (Lipinski definition) is 1. The fourth-order valence-electron chi connectivity index (χ4n) is 2.54. The molecule has 5 heteroatoms. The van der Waals surface area contributed by atoms with E-state index >= 15 is 0 Å². The van der Waals surface area contributed by atoms with E-state index in [-0.39, 0.29) is 5.91 Å². The van der Waals surface area contributed by atoms with E-state index in [4.69, 9.17) is 14.2 Å². The smallest absolute Gasteiger partial charge is 0.224 e. The van der Waals surface area contributed by atoms with Crippen LogP contribution in [0.1, 0.15) is 31.4 Å². The quantitative estimate of drug-likeness (QED) is 0.686. The van der Waals surface area contributed by atoms with Gasteiger partial charge in [0.2, 0.25) is 5.91 Å². The number of rotatable bonds is 10. The van der Waals surface area contributed by atoms with Crippen LogP contribution >= 0.6 is 0 Å². The summed E-state index contributed by atoms with van der Waals surface area (Å²) in [5.74, 6) is 2.75. The average molecular weight is 371 g/mol. The van der Waals surface area contributed by atoms with Crippen molar-refractivity contribution in [2.45, 2.75) is 33.2 Å². The Labute approximate surface area is 161 Å². The Hall–Kier alpha value is -2.69. The molecule has 2 rings (SSSR count). The number of nitrogens with one attached hydrogen (secondary N) is 1. The zero-order chi connectivity index (χ0) is 19.6. The summed E-state index contributed by atoms with van der Waals surface area (Å²) in [5.41, 5.74) is 1.91. The SMILES string of the molecule is COc1ccc(CC(=O)NCc2ccc(OCCC(C)C)c(OC)c2)cc1. The van der Waals surface area contributed by atoms with Crippen molar-refractivity contribution in [3.63, 3.8) is 0 Å². The van der Waals surface area contributed by atoms with E-state index in [9.17, 15) is 4.79 Å². The Morgan fingerprint density at radius 3 is 2.30 bits per heavy atom. The predicted octanol–water partition coefficient (Wildman–Crippen LogP) is 3.99. The van der Waals surface area contributed by atoms with Crippen LogP contribution in [0.3, 0.4) is 0 Å². The first kappa shape index (κ1) is 20.6. The summed E-state index contributed by atoms with van der Waals surface area (Å²) in [6.45, 7) is 5.43. The van der Waals surface area contributed by atoms with E-state index in [1.54, 1.807) is 14.2 Å². The molecule has 0 fully saturated rings. The van der Waals surface area contributed by atoms with Crippen molar-refractivity contribution in [2.24, 2.45) is 5.92 Å². The van der Waals surface area contributed by atoms with Crippen molar-refractivity contribution in [1.29, 1.82) is 0 Å². The summed E-state index contributed by atoms with van der Waals surface area (Å²) >= 11 is 0. The van der Waals surface area contributed by atoms with Crippen LogP contribution in [0.5, 0.6) is 17.2 Å². The molecule has 2 aromatic carbocycles. The number of carbonyl (C=O) groups excluding carboxylic acids is 1. The highest BCUT2D eigenvalue weighted by atomic mass is 16.5. The number of methoxy groups -OCH3 is 2. The van der Waals surface area contributed by atoms with E-state index in [1.165, 1.54) is 0 Å². The van der Waals surface area contributed by atoms with E-state index in [0.29, 0.717) is 31.2 Å². The number of hydrogen-bond acceptors (Lipinski definition) is 4. The van der Waals surface area contributed by atoms with Crippen LogP contribution < -0.4 is 19.5 Å². The molecule has 2 aromatic rings. The van der Waals surface area contributed by atoms with Gasteiger partial charge in [0.1, 0.15) is 5.75 Å². The number of amides is 1. The molecular formula is C22H29NO4. The maximum Gasteiger partial charge on any atom is 0.224 e. The molecule has 5 nitrogen and oxygen atoms in total. The molecule has 0 aliphatic rings. The zero-order valence-corrected chi connectivity index (χ0v) is 16.6. The minimum absolute atomic E-state index is 0.0311. The van der Waals surface area contributed by atoms with Crippen LogP contribution in [0.25, 0.3) is 0 Å². The molecule has 0 unspecified atom stereocenters. The molecule has 0 saturated carbocycles. The van der Waals surface area contributed by atoms with Gasteiger partial charge in [-0.1, -0.05) is 32.0 Å². The van der Waals surface area contributed by atoms with Gasteiger partial charge in [0.05, 0.1) is 27.2 Å². The second-order valence-electron chi connectivity index (χ2n) is 6.82. The fourth-order valence-corrected chi connectivity index (χ4v) is 2.54. The Kier molecular flexibility index (Phi) is 7.99. The molecular weight excluding hydrogens is 342 g/mol. The number of benzene rings is 2. The normalized spacial score (nSPS) is 10.6. The summed E-state index contributed by atoms with van der Waals surface area (Å²) in [6, 6.07) is 13.2. The van der Waals surface area contributed by atoms with Crippen molar-refractivity contribution in [2.75, 3.05) is 20.8 Å². The predicted molar refractivity (Wildman–Crippen MR) is 106 cm³/mol.